The van der Waals surface area contributed by atoms with E-state index in [0.717, 1.165) is 36.1 Å². The molecule has 0 saturated heterocycles. The van der Waals surface area contributed by atoms with E-state index in [-0.39, 0.29) is 24.2 Å². The van der Waals surface area contributed by atoms with Crippen LogP contribution >= 0.6 is 12.4 Å². The summed E-state index contributed by atoms with van der Waals surface area (Å²) in [6.45, 7) is 1.67. The van der Waals surface area contributed by atoms with Gasteiger partial charge in [0.05, 0.1) is 0 Å². The highest BCUT2D eigenvalue weighted by molar-refractivity contribution is 5.85. The first-order valence-electron chi connectivity index (χ1n) is 8.99. The maximum Gasteiger partial charge on any atom is 0.223 e. The second-order valence-corrected chi connectivity index (χ2v) is 6.67. The molecule has 3 rings (SSSR count). The molecule has 2 aromatic rings. The number of carbonyl (C=O) groups is 1. The Kier molecular flexibility index (Phi) is 7.95. The topological polar surface area (TPSA) is 64.4 Å². The molecule has 1 aliphatic rings. The van der Waals surface area contributed by atoms with Crippen LogP contribution in [0.4, 0.5) is 0 Å². The zero-order valence-electron chi connectivity index (χ0n) is 14.9. The minimum absolute atomic E-state index is 0. The van der Waals surface area contributed by atoms with Crippen LogP contribution in [-0.4, -0.2) is 12.5 Å². The molecule has 3 N–H and O–H groups in total. The molecule has 5 heteroatoms. The van der Waals surface area contributed by atoms with Crippen molar-refractivity contribution in [1.82, 2.24) is 5.32 Å². The molecule has 0 radical (unpaired) electrons. The van der Waals surface area contributed by atoms with Gasteiger partial charge in [-0.05, 0) is 48.6 Å². The third-order valence-corrected chi connectivity index (χ3v) is 4.91. The maximum absolute atomic E-state index is 12.4. The number of halogens is 1. The van der Waals surface area contributed by atoms with E-state index in [1.165, 1.54) is 0 Å². The monoisotopic (exact) mass is 374 g/mol. The van der Waals surface area contributed by atoms with Crippen LogP contribution in [0, 0.1) is 11.8 Å². The van der Waals surface area contributed by atoms with Crippen LogP contribution in [0.15, 0.2) is 54.6 Å². The Morgan fingerprint density at radius 3 is 2.62 bits per heavy atom. The van der Waals surface area contributed by atoms with Crippen LogP contribution in [0.3, 0.4) is 0 Å². The van der Waals surface area contributed by atoms with Gasteiger partial charge in [0.15, 0.2) is 0 Å². The minimum atomic E-state index is 0. The summed E-state index contributed by atoms with van der Waals surface area (Å²) in [7, 11) is 0. The Balaban J connectivity index is 0.00000243. The highest BCUT2D eigenvalue weighted by atomic mass is 35.5. The summed E-state index contributed by atoms with van der Waals surface area (Å²) in [5.74, 6) is 1.41. The van der Waals surface area contributed by atoms with Gasteiger partial charge in [0.1, 0.15) is 12.4 Å². The number of hydrogen-bond donors (Lipinski definition) is 2. The van der Waals surface area contributed by atoms with Gasteiger partial charge in [0.2, 0.25) is 5.91 Å². The fourth-order valence-corrected chi connectivity index (χ4v) is 3.50. The summed E-state index contributed by atoms with van der Waals surface area (Å²) < 4.78 is 5.78. The quantitative estimate of drug-likeness (QED) is 0.777. The van der Waals surface area contributed by atoms with Crippen LogP contribution < -0.4 is 15.8 Å². The Labute approximate surface area is 161 Å². The molecular formula is C21H27ClN2O2. The molecule has 1 aliphatic carbocycles. The van der Waals surface area contributed by atoms with Gasteiger partial charge >= 0.3 is 0 Å². The number of ether oxygens (including phenoxy) is 1. The first kappa shape index (κ1) is 20.3. The number of nitrogens with two attached hydrogens (primary N) is 1. The van der Waals surface area contributed by atoms with E-state index >= 15 is 0 Å². The molecule has 0 unspecified atom stereocenters. The molecule has 0 aromatic heterocycles. The van der Waals surface area contributed by atoms with Gasteiger partial charge in [-0.25, -0.2) is 0 Å². The van der Waals surface area contributed by atoms with Crippen molar-refractivity contribution in [1.29, 1.82) is 0 Å². The lowest BCUT2D eigenvalue weighted by atomic mass is 9.95. The average Bonchev–Trinajstić information content (AvgIpc) is 3.14. The zero-order valence-corrected chi connectivity index (χ0v) is 15.7. The Morgan fingerprint density at radius 1 is 1.08 bits per heavy atom. The lowest BCUT2D eigenvalue weighted by Gasteiger charge is -2.17. The van der Waals surface area contributed by atoms with Gasteiger partial charge in [-0.2, -0.15) is 0 Å². The fourth-order valence-electron chi connectivity index (χ4n) is 3.50. The van der Waals surface area contributed by atoms with E-state index in [1.807, 2.05) is 48.5 Å². The Morgan fingerprint density at radius 2 is 1.85 bits per heavy atom. The van der Waals surface area contributed by atoms with Crippen molar-refractivity contribution in [2.45, 2.75) is 32.4 Å². The molecule has 0 spiro atoms. The molecule has 1 saturated carbocycles. The molecule has 2 aromatic carbocycles. The van der Waals surface area contributed by atoms with Gasteiger partial charge in [0, 0.05) is 12.5 Å². The molecule has 4 nitrogen and oxygen atoms in total. The second-order valence-electron chi connectivity index (χ2n) is 6.67. The molecule has 2 atom stereocenters. The van der Waals surface area contributed by atoms with Crippen LogP contribution in [0.25, 0.3) is 0 Å². The first-order valence-corrected chi connectivity index (χ1v) is 8.99. The van der Waals surface area contributed by atoms with Gasteiger partial charge in [-0.1, -0.05) is 48.9 Å². The molecule has 140 valence electrons. The number of rotatable bonds is 7. The third-order valence-electron chi connectivity index (χ3n) is 4.91. The largest absolute Gasteiger partial charge is 0.489 e. The second kappa shape index (κ2) is 10.2. The van der Waals surface area contributed by atoms with Crippen molar-refractivity contribution in [3.8, 4) is 5.75 Å². The number of carbonyl (C=O) groups excluding carboxylic acids is 1. The molecular weight excluding hydrogens is 348 g/mol. The molecule has 0 heterocycles. The number of amides is 1. The summed E-state index contributed by atoms with van der Waals surface area (Å²) in [6, 6.07) is 17.9. The number of benzene rings is 2. The molecule has 1 fully saturated rings. The number of nitrogens with one attached hydrogen (secondary N) is 1. The molecule has 26 heavy (non-hydrogen) atoms. The maximum atomic E-state index is 12.4. The van der Waals surface area contributed by atoms with Crippen molar-refractivity contribution in [3.05, 3.63) is 65.7 Å². The van der Waals surface area contributed by atoms with Gasteiger partial charge < -0.3 is 15.8 Å². The Hall–Kier alpha value is -2.04. The normalized spacial score (nSPS) is 18.8. The van der Waals surface area contributed by atoms with E-state index in [2.05, 4.69) is 11.4 Å². The third kappa shape index (κ3) is 5.48. The predicted octanol–water partition coefficient (Wildman–Crippen LogP) is 3.68. The summed E-state index contributed by atoms with van der Waals surface area (Å²) in [5, 5.41) is 3.07. The highest BCUT2D eigenvalue weighted by Gasteiger charge is 2.31. The average molecular weight is 375 g/mol. The van der Waals surface area contributed by atoms with Crippen molar-refractivity contribution < 1.29 is 9.53 Å². The fraction of sp³-hybridized carbons (Fsp3) is 0.381. The van der Waals surface area contributed by atoms with Crippen LogP contribution in [0.1, 0.15) is 30.4 Å². The van der Waals surface area contributed by atoms with Crippen molar-refractivity contribution in [3.63, 3.8) is 0 Å². The van der Waals surface area contributed by atoms with Crippen molar-refractivity contribution in [2.24, 2.45) is 17.6 Å². The SMILES string of the molecule is Cl.NC[C@H]1CCC[C@H]1C(=O)NCc1cccc(COc2ccccc2)c1. The molecule has 0 aliphatic heterocycles. The van der Waals surface area contributed by atoms with Crippen LogP contribution in [0.2, 0.25) is 0 Å². The minimum Gasteiger partial charge on any atom is -0.489 e. The summed E-state index contributed by atoms with van der Waals surface area (Å²) in [5.41, 5.74) is 7.96. The smallest absolute Gasteiger partial charge is 0.223 e. The Bertz CT molecular complexity index is 693. The summed E-state index contributed by atoms with van der Waals surface area (Å²) >= 11 is 0. The van der Waals surface area contributed by atoms with E-state index in [9.17, 15) is 4.79 Å². The van der Waals surface area contributed by atoms with Gasteiger partial charge in [-0.3, -0.25) is 4.79 Å². The standard InChI is InChI=1S/C21H26N2O2.ClH/c22-13-18-8-5-11-20(18)21(24)23-14-16-6-4-7-17(12-16)15-25-19-9-2-1-3-10-19;/h1-4,6-7,9-10,12,18,20H,5,8,11,13-15,22H2,(H,23,24);1H/t18-,20-;/m1./s1. The highest BCUT2D eigenvalue weighted by Crippen LogP contribution is 2.31. The van der Waals surface area contributed by atoms with E-state index in [0.29, 0.717) is 25.6 Å². The van der Waals surface area contributed by atoms with Gasteiger partial charge in [-0.15, -0.1) is 12.4 Å². The van der Waals surface area contributed by atoms with Crippen molar-refractivity contribution >= 4 is 18.3 Å². The number of para-hydroxylation sites is 1. The predicted molar refractivity (Wildman–Crippen MR) is 106 cm³/mol. The van der Waals surface area contributed by atoms with Crippen LogP contribution in [0.5, 0.6) is 5.75 Å². The number of hydrogen-bond acceptors (Lipinski definition) is 3. The lowest BCUT2D eigenvalue weighted by Crippen LogP contribution is -2.34. The summed E-state index contributed by atoms with van der Waals surface area (Å²) in [4.78, 5) is 12.4. The van der Waals surface area contributed by atoms with Crippen molar-refractivity contribution in [2.75, 3.05) is 6.54 Å². The summed E-state index contributed by atoms with van der Waals surface area (Å²) in [6.07, 6.45) is 3.13. The van der Waals surface area contributed by atoms with Gasteiger partial charge in [0.25, 0.3) is 0 Å². The van der Waals surface area contributed by atoms with Crippen LogP contribution in [-0.2, 0) is 17.9 Å². The zero-order chi connectivity index (χ0) is 17.5. The molecule has 1 amide bonds. The van der Waals surface area contributed by atoms with E-state index in [4.69, 9.17) is 10.5 Å². The molecule has 0 bridgehead atoms. The van der Waals surface area contributed by atoms with E-state index in [1.54, 1.807) is 0 Å². The van der Waals surface area contributed by atoms with E-state index < -0.39 is 0 Å². The first-order chi connectivity index (χ1) is 12.3. The lowest BCUT2D eigenvalue weighted by molar-refractivity contribution is -0.126.